The summed E-state index contributed by atoms with van der Waals surface area (Å²) in [6, 6.07) is 8.81. The minimum atomic E-state index is -1.57. The van der Waals surface area contributed by atoms with Crippen molar-refractivity contribution in [2.45, 2.75) is 25.7 Å². The monoisotopic (exact) mass is 393 g/mol. The van der Waals surface area contributed by atoms with Crippen LogP contribution in [0.5, 0.6) is 0 Å². The van der Waals surface area contributed by atoms with Gasteiger partial charge in [-0.1, -0.05) is 0 Å². The molecule has 1 amide bonds. The minimum absolute atomic E-state index is 0.0688. The summed E-state index contributed by atoms with van der Waals surface area (Å²) in [5.74, 6) is -2.51. The van der Waals surface area contributed by atoms with E-state index in [4.69, 9.17) is 14.3 Å². The highest BCUT2D eigenvalue weighted by Crippen LogP contribution is 2.13. The number of benzene rings is 1. The van der Waals surface area contributed by atoms with Crippen LogP contribution >= 0.6 is 0 Å². The van der Waals surface area contributed by atoms with E-state index in [0.29, 0.717) is 11.3 Å². The van der Waals surface area contributed by atoms with Crippen molar-refractivity contribution < 1.29 is 32.9 Å². The second-order valence-electron chi connectivity index (χ2n) is 5.88. The Morgan fingerprint density at radius 3 is 2.37 bits per heavy atom. The molecule has 2 rings (SSSR count). The third-order valence-electron chi connectivity index (χ3n) is 3.21. The normalized spacial score (nSPS) is 11.8. The molecule has 1 atom stereocenters. The SMILES string of the molecule is CC(C)OC(=O)c1ccc(NC(=O)CS(=O)Cc2ccc(C(=O)O)o2)cc1. The number of hydrogen-bond donors (Lipinski definition) is 2. The van der Waals surface area contributed by atoms with Crippen LogP contribution in [-0.4, -0.2) is 39.0 Å². The Bertz CT molecular complexity index is 855. The summed E-state index contributed by atoms with van der Waals surface area (Å²) in [6.45, 7) is 3.50. The lowest BCUT2D eigenvalue weighted by Gasteiger charge is -2.09. The maximum Gasteiger partial charge on any atom is 0.371 e. The molecular weight excluding hydrogens is 374 g/mol. The molecule has 1 heterocycles. The van der Waals surface area contributed by atoms with Gasteiger partial charge in [0.15, 0.2) is 0 Å². The molecule has 8 nitrogen and oxygen atoms in total. The van der Waals surface area contributed by atoms with Gasteiger partial charge in [0.1, 0.15) is 11.5 Å². The number of ether oxygens (including phenoxy) is 1. The van der Waals surface area contributed by atoms with E-state index in [9.17, 15) is 18.6 Å². The molecule has 0 spiro atoms. The molecule has 0 aliphatic rings. The Hall–Kier alpha value is -2.94. The van der Waals surface area contributed by atoms with Gasteiger partial charge in [0, 0.05) is 16.5 Å². The lowest BCUT2D eigenvalue weighted by molar-refractivity contribution is -0.113. The van der Waals surface area contributed by atoms with Gasteiger partial charge in [-0.3, -0.25) is 9.00 Å². The van der Waals surface area contributed by atoms with Crippen molar-refractivity contribution >= 4 is 34.3 Å². The van der Waals surface area contributed by atoms with Crippen molar-refractivity contribution in [3.8, 4) is 0 Å². The molecule has 0 aliphatic carbocycles. The zero-order chi connectivity index (χ0) is 20.0. The van der Waals surface area contributed by atoms with Crippen molar-refractivity contribution in [2.75, 3.05) is 11.1 Å². The Morgan fingerprint density at radius 2 is 1.81 bits per heavy atom. The number of hydrogen-bond acceptors (Lipinski definition) is 6. The standard InChI is InChI=1S/C18H19NO7S/c1-11(2)25-18(23)12-3-5-13(6-4-12)19-16(20)10-27(24)9-14-7-8-15(26-14)17(21)22/h3-8,11H,9-10H2,1-2H3,(H,19,20)(H,21,22). The fourth-order valence-electron chi connectivity index (χ4n) is 2.10. The Morgan fingerprint density at radius 1 is 1.15 bits per heavy atom. The number of carbonyl (C=O) groups excluding carboxylic acids is 2. The van der Waals surface area contributed by atoms with Gasteiger partial charge in [0.2, 0.25) is 11.7 Å². The van der Waals surface area contributed by atoms with Crippen LogP contribution in [0.4, 0.5) is 5.69 Å². The fraction of sp³-hybridized carbons (Fsp3) is 0.278. The van der Waals surface area contributed by atoms with E-state index in [0.717, 1.165) is 0 Å². The number of rotatable bonds is 8. The van der Waals surface area contributed by atoms with E-state index in [1.54, 1.807) is 26.0 Å². The summed E-state index contributed by atoms with van der Waals surface area (Å²) < 4.78 is 22.1. The second-order valence-corrected chi connectivity index (χ2v) is 7.34. The van der Waals surface area contributed by atoms with E-state index in [1.807, 2.05) is 0 Å². The largest absolute Gasteiger partial charge is 0.475 e. The molecule has 0 fully saturated rings. The van der Waals surface area contributed by atoms with Gasteiger partial charge in [-0.2, -0.15) is 0 Å². The number of carboxylic acid groups (broad SMARTS) is 1. The quantitative estimate of drug-likeness (QED) is 0.660. The highest BCUT2D eigenvalue weighted by Gasteiger charge is 2.14. The zero-order valence-corrected chi connectivity index (χ0v) is 15.6. The smallest absolute Gasteiger partial charge is 0.371 e. The Labute approximate surface area is 158 Å². The first kappa shape index (κ1) is 20.4. The Kier molecular flexibility index (Phi) is 6.89. The average molecular weight is 393 g/mol. The van der Waals surface area contributed by atoms with Crippen LogP contribution < -0.4 is 5.32 Å². The first-order valence-electron chi connectivity index (χ1n) is 8.02. The Balaban J connectivity index is 1.86. The molecule has 0 radical (unpaired) electrons. The lowest BCUT2D eigenvalue weighted by atomic mass is 10.2. The third-order valence-corrected chi connectivity index (χ3v) is 4.41. The molecular formula is C18H19NO7S. The number of furan rings is 1. The van der Waals surface area contributed by atoms with E-state index in [1.165, 1.54) is 24.3 Å². The van der Waals surface area contributed by atoms with Crippen LogP contribution in [0.15, 0.2) is 40.8 Å². The summed E-state index contributed by atoms with van der Waals surface area (Å²) in [4.78, 5) is 34.5. The van der Waals surface area contributed by atoms with Crippen LogP contribution in [0, 0.1) is 0 Å². The van der Waals surface area contributed by atoms with Gasteiger partial charge < -0.3 is 19.6 Å². The van der Waals surface area contributed by atoms with Crippen LogP contribution in [0.3, 0.4) is 0 Å². The highest BCUT2D eigenvalue weighted by molar-refractivity contribution is 7.84. The number of aromatic carboxylic acids is 1. The minimum Gasteiger partial charge on any atom is -0.475 e. The maximum atomic E-state index is 12.0. The molecule has 144 valence electrons. The fourth-order valence-corrected chi connectivity index (χ4v) is 3.03. The topological polar surface area (TPSA) is 123 Å². The van der Waals surface area contributed by atoms with E-state index in [-0.39, 0.29) is 29.1 Å². The van der Waals surface area contributed by atoms with Gasteiger partial charge in [0.25, 0.3) is 0 Å². The maximum absolute atomic E-state index is 12.0. The lowest BCUT2D eigenvalue weighted by Crippen LogP contribution is -2.20. The van der Waals surface area contributed by atoms with E-state index >= 15 is 0 Å². The number of carboxylic acids is 1. The average Bonchev–Trinajstić information content (AvgIpc) is 3.03. The van der Waals surface area contributed by atoms with Gasteiger partial charge >= 0.3 is 11.9 Å². The highest BCUT2D eigenvalue weighted by atomic mass is 32.2. The number of amides is 1. The van der Waals surface area contributed by atoms with Crippen LogP contribution in [0.25, 0.3) is 0 Å². The van der Waals surface area contributed by atoms with Gasteiger partial charge in [-0.15, -0.1) is 0 Å². The van der Waals surface area contributed by atoms with Crippen LogP contribution in [-0.2, 0) is 26.1 Å². The van der Waals surface area contributed by atoms with E-state index < -0.39 is 28.6 Å². The number of nitrogens with one attached hydrogen (secondary N) is 1. The number of esters is 1. The molecule has 0 saturated carbocycles. The predicted molar refractivity (Wildman–Crippen MR) is 98.0 cm³/mol. The number of carbonyl (C=O) groups is 3. The van der Waals surface area contributed by atoms with Crippen molar-refractivity contribution in [3.63, 3.8) is 0 Å². The van der Waals surface area contributed by atoms with E-state index in [2.05, 4.69) is 5.32 Å². The molecule has 0 aliphatic heterocycles. The van der Waals surface area contributed by atoms with Crippen molar-refractivity contribution in [1.82, 2.24) is 0 Å². The summed E-state index contributed by atoms with van der Waals surface area (Å²) in [5, 5.41) is 11.4. The van der Waals surface area contributed by atoms with Crippen LogP contribution in [0.2, 0.25) is 0 Å². The summed E-state index contributed by atoms with van der Waals surface area (Å²) >= 11 is 0. The second kappa shape index (κ2) is 9.13. The van der Waals surface area contributed by atoms with Crippen molar-refractivity contribution in [3.05, 3.63) is 53.5 Å². The van der Waals surface area contributed by atoms with Crippen molar-refractivity contribution in [1.29, 1.82) is 0 Å². The molecule has 1 aromatic carbocycles. The molecule has 0 saturated heterocycles. The molecule has 27 heavy (non-hydrogen) atoms. The molecule has 9 heteroatoms. The molecule has 2 N–H and O–H groups in total. The molecule has 1 aromatic heterocycles. The van der Waals surface area contributed by atoms with Gasteiger partial charge in [-0.25, -0.2) is 9.59 Å². The van der Waals surface area contributed by atoms with Gasteiger partial charge in [-0.05, 0) is 50.2 Å². The van der Waals surface area contributed by atoms with Gasteiger partial charge in [0.05, 0.1) is 17.4 Å². The molecule has 0 bridgehead atoms. The van der Waals surface area contributed by atoms with Crippen molar-refractivity contribution in [2.24, 2.45) is 0 Å². The first-order valence-corrected chi connectivity index (χ1v) is 9.51. The zero-order valence-electron chi connectivity index (χ0n) is 14.8. The summed E-state index contributed by atoms with van der Waals surface area (Å²) in [6.07, 6.45) is -0.229. The first-order chi connectivity index (χ1) is 12.7. The predicted octanol–water partition coefficient (Wildman–Crippen LogP) is 2.43. The third kappa shape index (κ3) is 6.37. The summed E-state index contributed by atoms with van der Waals surface area (Å²) in [7, 11) is -1.57. The van der Waals surface area contributed by atoms with Crippen LogP contribution in [0.1, 0.15) is 40.5 Å². The summed E-state index contributed by atoms with van der Waals surface area (Å²) in [5.41, 5.74) is 0.807. The molecule has 2 aromatic rings. The molecule has 1 unspecified atom stereocenters. The number of anilines is 1.